The highest BCUT2D eigenvalue weighted by atomic mass is 16.2. The van der Waals surface area contributed by atoms with Crippen molar-refractivity contribution >= 4 is 5.91 Å². The molecule has 0 saturated carbocycles. The first-order chi connectivity index (χ1) is 10.0. The number of benzene rings is 1. The topological polar surface area (TPSA) is 44.4 Å². The Bertz CT molecular complexity index is 452. The second kappa shape index (κ2) is 7.05. The van der Waals surface area contributed by atoms with Crippen LogP contribution in [0, 0.1) is 0 Å². The predicted molar refractivity (Wildman–Crippen MR) is 86.1 cm³/mol. The van der Waals surface area contributed by atoms with E-state index in [1.807, 2.05) is 39.2 Å². The Morgan fingerprint density at radius 1 is 1.33 bits per heavy atom. The number of hydrogen-bond acceptors (Lipinski definition) is 3. The standard InChI is InChI=1S/C17H27N3O/c1-17(11-7-8-12-19-17)16(21)18-13-15(20(2)3)14-9-5-4-6-10-14/h4-6,9-10,15,19H,7-8,11-13H2,1-3H3,(H,18,21). The summed E-state index contributed by atoms with van der Waals surface area (Å²) in [5, 5.41) is 6.49. The lowest BCUT2D eigenvalue weighted by Crippen LogP contribution is -2.57. The third-order valence-electron chi connectivity index (χ3n) is 4.38. The number of carbonyl (C=O) groups is 1. The fraction of sp³-hybridized carbons (Fsp3) is 0.588. The highest BCUT2D eigenvalue weighted by molar-refractivity contribution is 5.86. The zero-order valence-electron chi connectivity index (χ0n) is 13.4. The SMILES string of the molecule is CN(C)C(CNC(=O)C1(C)CCCCN1)c1ccccc1. The van der Waals surface area contributed by atoms with Gasteiger partial charge in [-0.3, -0.25) is 4.79 Å². The third kappa shape index (κ3) is 4.05. The smallest absolute Gasteiger partial charge is 0.240 e. The number of hydrogen-bond donors (Lipinski definition) is 2. The Morgan fingerprint density at radius 3 is 2.62 bits per heavy atom. The molecule has 2 N–H and O–H groups in total. The lowest BCUT2D eigenvalue weighted by molar-refractivity contribution is -0.128. The molecule has 0 bridgehead atoms. The zero-order valence-corrected chi connectivity index (χ0v) is 13.4. The van der Waals surface area contributed by atoms with Gasteiger partial charge in [-0.25, -0.2) is 0 Å². The van der Waals surface area contributed by atoms with E-state index in [0.717, 1.165) is 25.8 Å². The van der Waals surface area contributed by atoms with Crippen LogP contribution < -0.4 is 10.6 Å². The lowest BCUT2D eigenvalue weighted by Gasteiger charge is -2.34. The van der Waals surface area contributed by atoms with Crippen LogP contribution in [0.3, 0.4) is 0 Å². The summed E-state index contributed by atoms with van der Waals surface area (Å²) in [7, 11) is 4.09. The number of carbonyl (C=O) groups excluding carboxylic acids is 1. The van der Waals surface area contributed by atoms with Crippen LogP contribution in [-0.2, 0) is 4.79 Å². The quantitative estimate of drug-likeness (QED) is 0.870. The van der Waals surface area contributed by atoms with Crippen LogP contribution >= 0.6 is 0 Å². The van der Waals surface area contributed by atoms with E-state index < -0.39 is 5.54 Å². The monoisotopic (exact) mass is 289 g/mol. The molecule has 1 aliphatic rings. The minimum absolute atomic E-state index is 0.116. The van der Waals surface area contributed by atoms with Crippen LogP contribution in [0.4, 0.5) is 0 Å². The minimum atomic E-state index is -0.411. The lowest BCUT2D eigenvalue weighted by atomic mass is 9.90. The van der Waals surface area contributed by atoms with Gasteiger partial charge in [-0.2, -0.15) is 0 Å². The van der Waals surface area contributed by atoms with Crippen molar-refractivity contribution in [2.45, 2.75) is 37.8 Å². The largest absolute Gasteiger partial charge is 0.353 e. The highest BCUT2D eigenvalue weighted by Gasteiger charge is 2.34. The molecule has 4 heteroatoms. The first-order valence-corrected chi connectivity index (χ1v) is 7.78. The van der Waals surface area contributed by atoms with Crippen molar-refractivity contribution in [3.63, 3.8) is 0 Å². The van der Waals surface area contributed by atoms with Gasteiger partial charge in [-0.1, -0.05) is 30.3 Å². The Balaban J connectivity index is 1.97. The van der Waals surface area contributed by atoms with Crippen LogP contribution in [0.25, 0.3) is 0 Å². The Hall–Kier alpha value is -1.39. The van der Waals surface area contributed by atoms with Crippen molar-refractivity contribution in [2.24, 2.45) is 0 Å². The average Bonchev–Trinajstić information content (AvgIpc) is 2.48. The maximum absolute atomic E-state index is 12.5. The molecule has 0 aliphatic carbocycles. The molecular formula is C17H27N3O. The number of nitrogens with zero attached hydrogens (tertiary/aromatic N) is 1. The molecular weight excluding hydrogens is 262 g/mol. The van der Waals surface area contributed by atoms with Crippen molar-refractivity contribution in [3.05, 3.63) is 35.9 Å². The van der Waals surface area contributed by atoms with Crippen molar-refractivity contribution in [3.8, 4) is 0 Å². The number of piperidine rings is 1. The molecule has 0 aromatic heterocycles. The molecule has 1 aromatic rings. The summed E-state index contributed by atoms with van der Waals surface area (Å²) in [6.07, 6.45) is 3.19. The maximum Gasteiger partial charge on any atom is 0.240 e. The Kier molecular flexibility index (Phi) is 5.37. The molecule has 2 rings (SSSR count). The first kappa shape index (κ1) is 16.0. The van der Waals surface area contributed by atoms with Crippen molar-refractivity contribution in [2.75, 3.05) is 27.2 Å². The predicted octanol–water partition coefficient (Wildman–Crippen LogP) is 1.94. The van der Waals surface area contributed by atoms with Crippen LogP contribution in [0.1, 0.15) is 37.8 Å². The first-order valence-electron chi connectivity index (χ1n) is 7.78. The molecule has 0 spiro atoms. The number of nitrogens with one attached hydrogen (secondary N) is 2. The van der Waals surface area contributed by atoms with Gasteiger partial charge in [0, 0.05) is 6.54 Å². The summed E-state index contributed by atoms with van der Waals surface area (Å²) in [5.41, 5.74) is 0.816. The summed E-state index contributed by atoms with van der Waals surface area (Å²) >= 11 is 0. The minimum Gasteiger partial charge on any atom is -0.353 e. The van der Waals surface area contributed by atoms with E-state index in [-0.39, 0.29) is 11.9 Å². The number of rotatable bonds is 5. The molecule has 2 atom stereocenters. The molecule has 4 nitrogen and oxygen atoms in total. The van der Waals surface area contributed by atoms with Gasteiger partial charge in [-0.05, 0) is 52.4 Å². The number of likely N-dealkylation sites (N-methyl/N-ethyl adjacent to an activating group) is 1. The normalized spacial score (nSPS) is 23.8. The van der Waals surface area contributed by atoms with Crippen LogP contribution in [0.5, 0.6) is 0 Å². The molecule has 2 unspecified atom stereocenters. The van der Waals surface area contributed by atoms with Crippen LogP contribution in [0.15, 0.2) is 30.3 Å². The van der Waals surface area contributed by atoms with Gasteiger partial charge in [0.2, 0.25) is 5.91 Å². The molecule has 1 aliphatic heterocycles. The van der Waals surface area contributed by atoms with Gasteiger partial charge < -0.3 is 15.5 Å². The fourth-order valence-corrected chi connectivity index (χ4v) is 2.91. The van der Waals surface area contributed by atoms with Gasteiger partial charge in [0.05, 0.1) is 11.6 Å². The molecule has 21 heavy (non-hydrogen) atoms. The average molecular weight is 289 g/mol. The fourth-order valence-electron chi connectivity index (χ4n) is 2.91. The van der Waals surface area contributed by atoms with Gasteiger partial charge in [0.15, 0.2) is 0 Å². The van der Waals surface area contributed by atoms with Gasteiger partial charge >= 0.3 is 0 Å². The summed E-state index contributed by atoms with van der Waals surface area (Å²) < 4.78 is 0. The van der Waals surface area contributed by atoms with E-state index in [2.05, 4.69) is 27.7 Å². The molecule has 1 amide bonds. The Morgan fingerprint density at radius 2 is 2.05 bits per heavy atom. The molecule has 1 heterocycles. The van der Waals surface area contributed by atoms with Crippen molar-refractivity contribution < 1.29 is 4.79 Å². The maximum atomic E-state index is 12.5. The van der Waals surface area contributed by atoms with E-state index in [1.54, 1.807) is 0 Å². The van der Waals surface area contributed by atoms with E-state index in [9.17, 15) is 4.79 Å². The van der Waals surface area contributed by atoms with Gasteiger partial charge in [-0.15, -0.1) is 0 Å². The van der Waals surface area contributed by atoms with E-state index in [4.69, 9.17) is 0 Å². The summed E-state index contributed by atoms with van der Waals surface area (Å²) in [6.45, 7) is 3.57. The summed E-state index contributed by atoms with van der Waals surface area (Å²) in [4.78, 5) is 14.6. The van der Waals surface area contributed by atoms with Gasteiger partial charge in [0.1, 0.15) is 0 Å². The second-order valence-electron chi connectivity index (χ2n) is 6.32. The summed E-state index contributed by atoms with van der Waals surface area (Å²) in [6, 6.07) is 10.5. The molecule has 1 aromatic carbocycles. The second-order valence-corrected chi connectivity index (χ2v) is 6.32. The molecule has 1 saturated heterocycles. The highest BCUT2D eigenvalue weighted by Crippen LogP contribution is 2.20. The summed E-state index contributed by atoms with van der Waals surface area (Å²) in [5.74, 6) is 0.116. The molecule has 1 fully saturated rings. The van der Waals surface area contributed by atoms with Crippen LogP contribution in [0.2, 0.25) is 0 Å². The zero-order chi connectivity index (χ0) is 15.3. The van der Waals surface area contributed by atoms with E-state index in [0.29, 0.717) is 6.54 Å². The van der Waals surface area contributed by atoms with Gasteiger partial charge in [0.25, 0.3) is 0 Å². The number of amides is 1. The van der Waals surface area contributed by atoms with Crippen molar-refractivity contribution in [1.29, 1.82) is 0 Å². The molecule has 0 radical (unpaired) electrons. The van der Waals surface area contributed by atoms with E-state index >= 15 is 0 Å². The Labute approximate surface area is 127 Å². The van der Waals surface area contributed by atoms with E-state index in [1.165, 1.54) is 5.56 Å². The third-order valence-corrected chi connectivity index (χ3v) is 4.38. The van der Waals surface area contributed by atoms with Crippen molar-refractivity contribution in [1.82, 2.24) is 15.5 Å². The van der Waals surface area contributed by atoms with Crippen LogP contribution in [-0.4, -0.2) is 43.5 Å². The molecule has 116 valence electrons.